The molecular weight excluding hydrogens is 419 g/mol. The molecule has 0 N–H and O–H groups in total. The largest absolute Gasteiger partial charge is 0.416 e. The summed E-state index contributed by atoms with van der Waals surface area (Å²) in [6.45, 7) is 5.64. The summed E-state index contributed by atoms with van der Waals surface area (Å²) in [5.74, 6) is -0.544. The molecule has 0 spiro atoms. The Balaban J connectivity index is 2.30. The van der Waals surface area contributed by atoms with Crippen molar-refractivity contribution >= 4 is 16.0 Å². The Labute approximate surface area is 174 Å². The molecule has 0 atom stereocenters. The van der Waals surface area contributed by atoms with E-state index in [1.165, 1.54) is 36.1 Å². The molecule has 0 heterocycles. The Morgan fingerprint density at radius 2 is 1.77 bits per heavy atom. The molecule has 0 unspecified atom stereocenters. The zero-order chi connectivity index (χ0) is 22.5. The molecule has 0 saturated heterocycles. The van der Waals surface area contributed by atoms with Crippen LogP contribution >= 0.6 is 0 Å². The molecule has 0 aromatic heterocycles. The maximum absolute atomic E-state index is 13.0. The van der Waals surface area contributed by atoms with Gasteiger partial charge in [0.25, 0.3) is 5.91 Å². The van der Waals surface area contributed by atoms with E-state index in [1.807, 2.05) is 13.8 Å². The van der Waals surface area contributed by atoms with Crippen molar-refractivity contribution in [1.29, 1.82) is 0 Å². The Hall–Kier alpha value is -2.55. The van der Waals surface area contributed by atoms with E-state index in [0.717, 1.165) is 12.1 Å². The minimum absolute atomic E-state index is 0.0635. The fraction of sp³-hybridized carbons (Fsp3) is 0.381. The highest BCUT2D eigenvalue weighted by Crippen LogP contribution is 2.30. The van der Waals surface area contributed by atoms with Crippen LogP contribution in [-0.4, -0.2) is 31.5 Å². The Morgan fingerprint density at radius 3 is 2.37 bits per heavy atom. The molecule has 5 nitrogen and oxygen atoms in total. The van der Waals surface area contributed by atoms with Gasteiger partial charge in [0, 0.05) is 18.7 Å². The van der Waals surface area contributed by atoms with Crippen LogP contribution in [0.5, 0.6) is 5.75 Å². The lowest BCUT2D eigenvalue weighted by Crippen LogP contribution is -2.34. The first-order chi connectivity index (χ1) is 13.9. The zero-order valence-electron chi connectivity index (χ0n) is 16.9. The summed E-state index contributed by atoms with van der Waals surface area (Å²) < 4.78 is 67.4. The maximum Gasteiger partial charge on any atom is 0.416 e. The molecule has 2 aromatic rings. The molecule has 164 valence electrons. The topological polar surface area (TPSA) is 63.7 Å². The van der Waals surface area contributed by atoms with E-state index in [-0.39, 0.29) is 29.5 Å². The summed E-state index contributed by atoms with van der Waals surface area (Å²) >= 11 is 0. The van der Waals surface area contributed by atoms with Gasteiger partial charge in [0.05, 0.1) is 11.3 Å². The van der Waals surface area contributed by atoms with E-state index in [2.05, 4.69) is 0 Å². The standard InChI is InChI=1S/C21H24F3NO4S/c1-4-30(27,28)29-19-10-5-7-16(11-19)14-25(13-15(2)3)20(26)17-8-6-9-18(12-17)21(22,23)24/h5-12,15H,4,13-14H2,1-3H3. The molecule has 0 radical (unpaired) electrons. The van der Waals surface area contributed by atoms with Crippen LogP contribution in [0.1, 0.15) is 42.3 Å². The minimum atomic E-state index is -4.55. The number of carbonyl (C=O) groups excluding carboxylic acids is 1. The first-order valence-electron chi connectivity index (χ1n) is 9.39. The highest BCUT2D eigenvalue weighted by Gasteiger charge is 2.31. The maximum atomic E-state index is 13.0. The number of rotatable bonds is 8. The lowest BCUT2D eigenvalue weighted by atomic mass is 10.1. The first kappa shape index (κ1) is 23.7. The second-order valence-corrected chi connectivity index (χ2v) is 9.09. The van der Waals surface area contributed by atoms with Crippen LogP contribution in [0.2, 0.25) is 0 Å². The lowest BCUT2D eigenvalue weighted by Gasteiger charge is -2.25. The van der Waals surface area contributed by atoms with Gasteiger partial charge in [0.1, 0.15) is 5.75 Å². The number of alkyl halides is 3. The van der Waals surface area contributed by atoms with Crippen molar-refractivity contribution in [3.05, 3.63) is 65.2 Å². The molecule has 9 heteroatoms. The van der Waals surface area contributed by atoms with Crippen molar-refractivity contribution in [2.24, 2.45) is 5.92 Å². The predicted octanol–water partition coefficient (Wildman–Crippen LogP) is 4.73. The van der Waals surface area contributed by atoms with Crippen LogP contribution in [0.4, 0.5) is 13.2 Å². The number of benzene rings is 2. The van der Waals surface area contributed by atoms with Gasteiger partial charge in [0.15, 0.2) is 0 Å². The number of nitrogens with zero attached hydrogens (tertiary/aromatic N) is 1. The lowest BCUT2D eigenvalue weighted by molar-refractivity contribution is -0.137. The summed E-state index contributed by atoms with van der Waals surface area (Å²) in [4.78, 5) is 14.4. The Kier molecular flexibility index (Phi) is 7.52. The number of hydrogen-bond acceptors (Lipinski definition) is 4. The highest BCUT2D eigenvalue weighted by molar-refractivity contribution is 7.87. The van der Waals surface area contributed by atoms with Gasteiger partial charge in [0.2, 0.25) is 0 Å². The van der Waals surface area contributed by atoms with Crippen molar-refractivity contribution in [2.75, 3.05) is 12.3 Å². The predicted molar refractivity (Wildman–Crippen MR) is 108 cm³/mol. The average molecular weight is 443 g/mol. The molecule has 0 saturated carbocycles. The summed E-state index contributed by atoms with van der Waals surface area (Å²) in [6.07, 6.45) is -4.55. The van der Waals surface area contributed by atoms with E-state index >= 15 is 0 Å². The van der Waals surface area contributed by atoms with Crippen LogP contribution in [0.3, 0.4) is 0 Å². The second-order valence-electron chi connectivity index (χ2n) is 7.24. The third-order valence-electron chi connectivity index (χ3n) is 4.16. The molecule has 30 heavy (non-hydrogen) atoms. The van der Waals surface area contributed by atoms with E-state index in [0.29, 0.717) is 12.1 Å². The molecule has 0 aliphatic heterocycles. The molecule has 2 aromatic carbocycles. The first-order valence-corrected chi connectivity index (χ1v) is 11.0. The Morgan fingerprint density at radius 1 is 1.10 bits per heavy atom. The fourth-order valence-electron chi connectivity index (χ4n) is 2.79. The van der Waals surface area contributed by atoms with Crippen molar-refractivity contribution in [3.63, 3.8) is 0 Å². The SMILES string of the molecule is CCS(=O)(=O)Oc1cccc(CN(CC(C)C)C(=O)c2cccc(C(F)(F)F)c2)c1. The van der Waals surface area contributed by atoms with Gasteiger partial charge in [-0.05, 0) is 48.7 Å². The molecule has 1 amide bonds. The van der Waals surface area contributed by atoms with Gasteiger partial charge in [-0.1, -0.05) is 32.0 Å². The number of amides is 1. The average Bonchev–Trinajstić information content (AvgIpc) is 2.66. The van der Waals surface area contributed by atoms with Crippen LogP contribution < -0.4 is 4.18 Å². The van der Waals surface area contributed by atoms with Gasteiger partial charge in [-0.25, -0.2) is 0 Å². The van der Waals surface area contributed by atoms with Gasteiger partial charge in [-0.15, -0.1) is 0 Å². The van der Waals surface area contributed by atoms with E-state index in [1.54, 1.807) is 12.1 Å². The Bertz CT molecular complexity index is 988. The monoisotopic (exact) mass is 443 g/mol. The third kappa shape index (κ3) is 6.76. The van der Waals surface area contributed by atoms with Crippen molar-refractivity contribution in [1.82, 2.24) is 4.90 Å². The normalized spacial score (nSPS) is 12.1. The van der Waals surface area contributed by atoms with Crippen molar-refractivity contribution in [2.45, 2.75) is 33.5 Å². The van der Waals surface area contributed by atoms with Crippen molar-refractivity contribution in [3.8, 4) is 5.75 Å². The molecule has 0 bridgehead atoms. The number of halogens is 3. The molecule has 2 rings (SSSR count). The van der Waals surface area contributed by atoms with Gasteiger partial charge >= 0.3 is 16.3 Å². The van der Waals surface area contributed by atoms with Gasteiger partial charge in [-0.2, -0.15) is 21.6 Å². The minimum Gasteiger partial charge on any atom is -0.382 e. The van der Waals surface area contributed by atoms with E-state index in [9.17, 15) is 26.4 Å². The number of hydrogen-bond donors (Lipinski definition) is 0. The van der Waals surface area contributed by atoms with Crippen LogP contribution in [0.15, 0.2) is 48.5 Å². The highest BCUT2D eigenvalue weighted by atomic mass is 32.2. The van der Waals surface area contributed by atoms with Crippen molar-refractivity contribution < 1.29 is 30.6 Å². The molecular formula is C21H24F3NO4S. The fourth-order valence-corrected chi connectivity index (χ4v) is 3.31. The quantitative estimate of drug-likeness (QED) is 0.553. The van der Waals surface area contributed by atoms with Crippen LogP contribution in [-0.2, 0) is 22.8 Å². The van der Waals surface area contributed by atoms with Crippen LogP contribution in [0, 0.1) is 5.92 Å². The summed E-state index contributed by atoms with van der Waals surface area (Å²) in [5.41, 5.74) is -0.357. The summed E-state index contributed by atoms with van der Waals surface area (Å²) in [5, 5.41) is 0. The van der Waals surface area contributed by atoms with Gasteiger partial charge in [-0.3, -0.25) is 4.79 Å². The molecule has 0 fully saturated rings. The number of carbonyl (C=O) groups is 1. The van der Waals surface area contributed by atoms with Gasteiger partial charge < -0.3 is 9.08 Å². The zero-order valence-corrected chi connectivity index (χ0v) is 17.8. The second kappa shape index (κ2) is 9.51. The molecule has 0 aliphatic carbocycles. The van der Waals surface area contributed by atoms with Crippen LogP contribution in [0.25, 0.3) is 0 Å². The summed E-state index contributed by atoms with van der Waals surface area (Å²) in [7, 11) is -3.70. The molecule has 0 aliphatic rings. The van der Waals surface area contributed by atoms with E-state index < -0.39 is 27.8 Å². The third-order valence-corrected chi connectivity index (χ3v) is 5.31. The van der Waals surface area contributed by atoms with E-state index in [4.69, 9.17) is 4.18 Å². The smallest absolute Gasteiger partial charge is 0.382 e. The summed E-state index contributed by atoms with van der Waals surface area (Å²) in [6, 6.07) is 10.6.